The zero-order chi connectivity index (χ0) is 18.8. The van der Waals surface area contributed by atoms with Crippen molar-refractivity contribution in [3.05, 3.63) is 45.4 Å². The Morgan fingerprint density at radius 3 is 2.58 bits per heavy atom. The molecule has 2 amide bonds. The van der Waals surface area contributed by atoms with Crippen LogP contribution < -0.4 is 10.2 Å². The monoisotopic (exact) mass is 371 g/mol. The van der Waals surface area contributed by atoms with Gasteiger partial charge in [0.15, 0.2) is 0 Å². The summed E-state index contributed by atoms with van der Waals surface area (Å²) in [5, 5.41) is 3.96. The van der Waals surface area contributed by atoms with Gasteiger partial charge in [0.2, 0.25) is 11.8 Å². The highest BCUT2D eigenvalue weighted by Gasteiger charge is 2.35. The number of carbonyl (C=O) groups is 2. The van der Waals surface area contributed by atoms with Crippen LogP contribution in [0.15, 0.2) is 24.3 Å². The van der Waals surface area contributed by atoms with E-state index in [9.17, 15) is 9.59 Å². The molecule has 1 fully saturated rings. The Bertz CT molecular complexity index is 811. The minimum atomic E-state index is -0.304. The molecule has 3 rings (SSSR count). The van der Waals surface area contributed by atoms with E-state index in [1.165, 1.54) is 5.56 Å². The van der Waals surface area contributed by atoms with E-state index < -0.39 is 0 Å². The van der Waals surface area contributed by atoms with Crippen molar-refractivity contribution >= 4 is 28.8 Å². The first-order chi connectivity index (χ1) is 12.3. The molecular weight excluding hydrogens is 346 g/mol. The number of aryl methyl sites for hydroxylation is 2. The molecule has 0 radical (unpaired) electrons. The zero-order valence-electron chi connectivity index (χ0n) is 15.7. The number of thiazole rings is 1. The van der Waals surface area contributed by atoms with Gasteiger partial charge in [-0.25, -0.2) is 4.98 Å². The Morgan fingerprint density at radius 1 is 1.31 bits per heavy atom. The average molecular weight is 372 g/mol. The second-order valence-corrected chi connectivity index (χ2v) is 8.40. The molecule has 1 atom stereocenters. The number of anilines is 1. The third-order valence-corrected chi connectivity index (χ3v) is 5.86. The normalized spacial score (nSPS) is 17.2. The van der Waals surface area contributed by atoms with Gasteiger partial charge in [0, 0.05) is 23.5 Å². The first-order valence-electron chi connectivity index (χ1n) is 8.96. The second-order valence-electron chi connectivity index (χ2n) is 7.11. The second kappa shape index (κ2) is 7.58. The summed E-state index contributed by atoms with van der Waals surface area (Å²) in [6.45, 7) is 9.11. The summed E-state index contributed by atoms with van der Waals surface area (Å²) in [4.78, 5) is 32.0. The summed E-state index contributed by atoms with van der Waals surface area (Å²) in [5.74, 6) is 0.0923. The highest BCUT2D eigenvalue weighted by Crippen LogP contribution is 2.27. The van der Waals surface area contributed by atoms with Crippen molar-refractivity contribution in [2.45, 2.75) is 46.6 Å². The van der Waals surface area contributed by atoms with E-state index in [0.717, 1.165) is 21.3 Å². The smallest absolute Gasteiger partial charge is 0.227 e. The number of benzene rings is 1. The lowest BCUT2D eigenvalue weighted by atomic mass is 10.0. The van der Waals surface area contributed by atoms with Crippen molar-refractivity contribution in [2.24, 2.45) is 5.92 Å². The van der Waals surface area contributed by atoms with Gasteiger partial charge in [0.1, 0.15) is 0 Å². The molecule has 1 saturated heterocycles. The lowest BCUT2D eigenvalue weighted by Gasteiger charge is -2.17. The van der Waals surface area contributed by atoms with Gasteiger partial charge in [-0.05, 0) is 37.5 Å². The SMILES string of the molecule is Cc1nc(C)c(CNC(=O)[C@@H]2CC(=O)N(c3ccc(C(C)C)cc3)C2)s1. The number of nitrogens with one attached hydrogen (secondary N) is 1. The molecule has 2 heterocycles. The van der Waals surface area contributed by atoms with Crippen LogP contribution in [0.25, 0.3) is 0 Å². The van der Waals surface area contributed by atoms with Crippen LogP contribution in [0.5, 0.6) is 0 Å². The van der Waals surface area contributed by atoms with Crippen molar-refractivity contribution in [3.8, 4) is 0 Å². The van der Waals surface area contributed by atoms with E-state index in [4.69, 9.17) is 0 Å². The average Bonchev–Trinajstić information content (AvgIpc) is 3.14. The summed E-state index contributed by atoms with van der Waals surface area (Å²) >= 11 is 1.60. The lowest BCUT2D eigenvalue weighted by molar-refractivity contribution is -0.126. The first kappa shape index (κ1) is 18.6. The number of hydrogen-bond acceptors (Lipinski definition) is 4. The number of amides is 2. The lowest BCUT2D eigenvalue weighted by Crippen LogP contribution is -2.32. The molecule has 1 aliphatic rings. The molecule has 2 aromatic rings. The minimum Gasteiger partial charge on any atom is -0.351 e. The Labute approximate surface area is 158 Å². The predicted molar refractivity (Wildman–Crippen MR) is 104 cm³/mol. The van der Waals surface area contributed by atoms with Gasteiger partial charge in [0.05, 0.1) is 23.2 Å². The molecule has 0 unspecified atom stereocenters. The third kappa shape index (κ3) is 3.96. The van der Waals surface area contributed by atoms with Crippen LogP contribution in [0.4, 0.5) is 5.69 Å². The van der Waals surface area contributed by atoms with E-state index in [2.05, 4.69) is 36.3 Å². The molecule has 0 saturated carbocycles. The fourth-order valence-corrected chi connectivity index (χ4v) is 4.10. The van der Waals surface area contributed by atoms with Gasteiger partial charge in [0.25, 0.3) is 0 Å². The maximum atomic E-state index is 12.5. The predicted octanol–water partition coefficient (Wildman–Crippen LogP) is 3.55. The van der Waals surface area contributed by atoms with Crippen LogP contribution in [-0.4, -0.2) is 23.3 Å². The van der Waals surface area contributed by atoms with Crippen LogP contribution in [-0.2, 0) is 16.1 Å². The molecule has 0 spiro atoms. The highest BCUT2D eigenvalue weighted by molar-refractivity contribution is 7.11. The summed E-state index contributed by atoms with van der Waals surface area (Å²) < 4.78 is 0. The van der Waals surface area contributed by atoms with Gasteiger partial charge in [-0.15, -0.1) is 11.3 Å². The molecule has 1 aromatic carbocycles. The number of aromatic nitrogens is 1. The summed E-state index contributed by atoms with van der Waals surface area (Å²) in [6.07, 6.45) is 0.262. The number of rotatable bonds is 5. The molecular formula is C20H25N3O2S. The Kier molecular flexibility index (Phi) is 5.41. The number of nitrogens with zero attached hydrogens (tertiary/aromatic N) is 2. The van der Waals surface area contributed by atoms with Crippen LogP contribution >= 0.6 is 11.3 Å². The van der Waals surface area contributed by atoms with Gasteiger partial charge in [-0.3, -0.25) is 9.59 Å². The Balaban J connectivity index is 1.61. The van der Waals surface area contributed by atoms with Crippen molar-refractivity contribution in [1.82, 2.24) is 10.3 Å². The Morgan fingerprint density at radius 2 is 2.00 bits per heavy atom. The zero-order valence-corrected chi connectivity index (χ0v) is 16.5. The van der Waals surface area contributed by atoms with Gasteiger partial charge in [-0.2, -0.15) is 0 Å². The van der Waals surface area contributed by atoms with Crippen molar-refractivity contribution in [3.63, 3.8) is 0 Å². The van der Waals surface area contributed by atoms with E-state index >= 15 is 0 Å². The molecule has 6 heteroatoms. The van der Waals surface area contributed by atoms with Crippen LogP contribution in [0.2, 0.25) is 0 Å². The molecule has 26 heavy (non-hydrogen) atoms. The van der Waals surface area contributed by atoms with Gasteiger partial charge < -0.3 is 10.2 Å². The minimum absolute atomic E-state index is 0.00672. The van der Waals surface area contributed by atoms with Crippen molar-refractivity contribution in [2.75, 3.05) is 11.4 Å². The van der Waals surface area contributed by atoms with E-state index in [-0.39, 0.29) is 24.2 Å². The number of carbonyl (C=O) groups excluding carboxylic acids is 2. The fraction of sp³-hybridized carbons (Fsp3) is 0.450. The summed E-state index contributed by atoms with van der Waals surface area (Å²) in [5.41, 5.74) is 3.07. The molecule has 1 N–H and O–H groups in total. The molecule has 5 nitrogen and oxygen atoms in total. The van der Waals surface area contributed by atoms with E-state index in [1.807, 2.05) is 26.0 Å². The van der Waals surface area contributed by atoms with Crippen LogP contribution in [0, 0.1) is 19.8 Å². The largest absolute Gasteiger partial charge is 0.351 e. The number of hydrogen-bond donors (Lipinski definition) is 1. The first-order valence-corrected chi connectivity index (χ1v) is 9.77. The highest BCUT2D eigenvalue weighted by atomic mass is 32.1. The quantitative estimate of drug-likeness (QED) is 0.874. The third-order valence-electron chi connectivity index (χ3n) is 4.79. The van der Waals surface area contributed by atoms with Crippen LogP contribution in [0.1, 0.15) is 47.3 Å². The van der Waals surface area contributed by atoms with E-state index in [0.29, 0.717) is 19.0 Å². The fourth-order valence-electron chi connectivity index (χ4n) is 3.22. The molecule has 138 valence electrons. The molecule has 1 aromatic heterocycles. The summed E-state index contributed by atoms with van der Waals surface area (Å²) in [7, 11) is 0. The molecule has 0 aliphatic carbocycles. The molecule has 0 bridgehead atoms. The Hall–Kier alpha value is -2.21. The summed E-state index contributed by atoms with van der Waals surface area (Å²) in [6, 6.07) is 8.04. The molecule has 1 aliphatic heterocycles. The van der Waals surface area contributed by atoms with Gasteiger partial charge in [-0.1, -0.05) is 26.0 Å². The van der Waals surface area contributed by atoms with E-state index in [1.54, 1.807) is 16.2 Å². The van der Waals surface area contributed by atoms with Crippen molar-refractivity contribution in [1.29, 1.82) is 0 Å². The topological polar surface area (TPSA) is 62.3 Å². The standard InChI is InChI=1S/C20H25N3O2S/c1-12(2)15-5-7-17(8-6-15)23-11-16(9-19(23)24)20(25)21-10-18-13(3)22-14(4)26-18/h5-8,12,16H,9-11H2,1-4H3,(H,21,25)/t16-/m1/s1. The van der Waals surface area contributed by atoms with Crippen molar-refractivity contribution < 1.29 is 9.59 Å². The maximum absolute atomic E-state index is 12.5. The van der Waals surface area contributed by atoms with Crippen LogP contribution in [0.3, 0.4) is 0 Å². The van der Waals surface area contributed by atoms with Gasteiger partial charge >= 0.3 is 0 Å². The maximum Gasteiger partial charge on any atom is 0.227 e.